The van der Waals surface area contributed by atoms with Gasteiger partial charge in [-0.05, 0) is 83.1 Å². The molecular weight excluding hydrogens is 684 g/mol. The number of hydrogen-bond acceptors (Lipinski definition) is 15. The Balaban J connectivity index is 6.80. The number of nitrogens with one attached hydrogen (secondary N) is 1. The minimum absolute atomic E-state index is 0.0253. The molecule has 0 saturated carbocycles. The average molecular weight is 747 g/mol. The van der Waals surface area contributed by atoms with E-state index in [0.717, 1.165) is 0 Å². The van der Waals surface area contributed by atoms with Crippen molar-refractivity contribution in [2.24, 2.45) is 0 Å². The Morgan fingerprint density at radius 2 is 0.904 bits per heavy atom. The van der Waals surface area contributed by atoms with Gasteiger partial charge in [0.2, 0.25) is 5.91 Å². The van der Waals surface area contributed by atoms with E-state index in [1.54, 1.807) is 88.0 Å². The predicted molar refractivity (Wildman–Crippen MR) is 189 cm³/mol. The van der Waals surface area contributed by atoms with E-state index < -0.39 is 83.1 Å². The quantitative estimate of drug-likeness (QED) is 0.133. The normalized spacial score (nSPS) is 13.0. The van der Waals surface area contributed by atoms with Gasteiger partial charge in [0.1, 0.15) is 35.0 Å². The average Bonchev–Trinajstić information content (AvgIpc) is 2.90. The maximum atomic E-state index is 13.7. The fourth-order valence-corrected chi connectivity index (χ4v) is 4.46. The molecule has 1 amide bonds. The van der Waals surface area contributed by atoms with Gasteiger partial charge in [0, 0.05) is 26.2 Å². The highest BCUT2D eigenvalue weighted by Gasteiger charge is 2.34. The minimum atomic E-state index is -1.31. The van der Waals surface area contributed by atoms with Crippen molar-refractivity contribution >= 4 is 41.7 Å². The van der Waals surface area contributed by atoms with Crippen LogP contribution < -0.4 is 5.32 Å². The van der Waals surface area contributed by atoms with Gasteiger partial charge < -0.3 is 34.1 Å². The molecule has 0 aromatic carbocycles. The highest BCUT2D eigenvalue weighted by Crippen LogP contribution is 2.16. The van der Waals surface area contributed by atoms with Gasteiger partial charge in [-0.25, -0.2) is 0 Å². The largest absolute Gasteiger partial charge is 0.480 e. The van der Waals surface area contributed by atoms with Gasteiger partial charge in [0.25, 0.3) is 0 Å². The van der Waals surface area contributed by atoms with E-state index in [4.69, 9.17) is 28.8 Å². The first-order valence-corrected chi connectivity index (χ1v) is 17.1. The second-order valence-electron chi connectivity index (χ2n) is 16.2. The summed E-state index contributed by atoms with van der Waals surface area (Å²) in [5.74, 6) is -5.38. The van der Waals surface area contributed by atoms with Crippen LogP contribution in [0, 0.1) is 0 Å². The van der Waals surface area contributed by atoms with Crippen LogP contribution in [0.2, 0.25) is 0 Å². The van der Waals surface area contributed by atoms with Gasteiger partial charge in [0.05, 0.1) is 39.7 Å². The third-order valence-electron chi connectivity index (χ3n) is 6.24. The first-order chi connectivity index (χ1) is 23.5. The number of ether oxygens (including phenoxy) is 5. The van der Waals surface area contributed by atoms with Gasteiger partial charge in [-0.1, -0.05) is 0 Å². The molecule has 0 aliphatic carbocycles. The van der Waals surface area contributed by atoms with Crippen molar-refractivity contribution in [2.45, 2.75) is 118 Å². The van der Waals surface area contributed by atoms with Crippen molar-refractivity contribution < 1.29 is 62.4 Å². The van der Waals surface area contributed by atoms with E-state index in [1.807, 2.05) is 0 Å². The number of nitrogens with zero attached hydrogens (tertiary/aromatic N) is 3. The first kappa shape index (κ1) is 48.2. The third-order valence-corrected chi connectivity index (χ3v) is 6.24. The summed E-state index contributed by atoms with van der Waals surface area (Å²) in [6, 6.07) is -1.31. The molecule has 0 aromatic heterocycles. The van der Waals surface area contributed by atoms with Crippen LogP contribution in [0.4, 0.5) is 0 Å². The lowest BCUT2D eigenvalue weighted by atomic mass is 10.1. The fraction of sp³-hybridized carbons (Fsp3) is 0.800. The zero-order valence-electron chi connectivity index (χ0n) is 33.3. The Morgan fingerprint density at radius 3 is 1.21 bits per heavy atom. The topological polar surface area (TPSA) is 208 Å². The third kappa shape index (κ3) is 25.2. The monoisotopic (exact) mass is 746 g/mol. The smallest absolute Gasteiger partial charge is 0.324 e. The number of carbonyl (C=O) groups is 7. The summed E-state index contributed by atoms with van der Waals surface area (Å²) < 4.78 is 26.9. The molecule has 1 unspecified atom stereocenters. The highest BCUT2D eigenvalue weighted by molar-refractivity contribution is 5.87. The first-order valence-electron chi connectivity index (χ1n) is 17.1. The molecule has 0 bridgehead atoms. The maximum absolute atomic E-state index is 13.7. The van der Waals surface area contributed by atoms with Gasteiger partial charge in [0.15, 0.2) is 0 Å². The van der Waals surface area contributed by atoms with Crippen LogP contribution in [0.3, 0.4) is 0 Å². The second-order valence-corrected chi connectivity index (χ2v) is 16.2. The van der Waals surface area contributed by atoms with Crippen LogP contribution in [0.25, 0.3) is 0 Å². The maximum Gasteiger partial charge on any atom is 0.324 e. The van der Waals surface area contributed by atoms with Crippen LogP contribution in [-0.2, 0) is 57.2 Å². The van der Waals surface area contributed by atoms with Crippen LogP contribution in [0.1, 0.15) is 89.5 Å². The van der Waals surface area contributed by atoms with Crippen molar-refractivity contribution in [3.05, 3.63) is 0 Å². The van der Waals surface area contributed by atoms with E-state index in [9.17, 15) is 33.6 Å². The Labute approximate surface area is 307 Å². The van der Waals surface area contributed by atoms with Crippen LogP contribution in [0.15, 0.2) is 0 Å². The number of carbonyl (C=O) groups excluding carboxylic acids is 6. The lowest BCUT2D eigenvalue weighted by Gasteiger charge is -2.35. The number of aliphatic carboxylic acids is 1. The lowest BCUT2D eigenvalue weighted by molar-refractivity contribution is -0.165. The zero-order chi connectivity index (χ0) is 40.7. The molecule has 17 nitrogen and oxygen atoms in total. The molecule has 0 fully saturated rings. The SMILES string of the molecule is COC(=O)CN(CCN(CCN(CC(=O)OC(C)(C)C)CC(=O)OC(C)(C)C)C(CC(=O)NCC(=O)O)C(=O)OC(C)(C)C)CC(=O)OC(C)(C)C. The van der Waals surface area contributed by atoms with Crippen molar-refractivity contribution in [3.8, 4) is 0 Å². The summed E-state index contributed by atoms with van der Waals surface area (Å²) in [6.07, 6.45) is -0.524. The Bertz CT molecular complexity index is 1200. The Kier molecular flexibility index (Phi) is 19.5. The summed E-state index contributed by atoms with van der Waals surface area (Å²) in [5, 5.41) is 11.4. The lowest BCUT2D eigenvalue weighted by Crippen LogP contribution is -2.53. The Morgan fingerprint density at radius 1 is 0.558 bits per heavy atom. The van der Waals surface area contributed by atoms with Gasteiger partial charge in [-0.15, -0.1) is 0 Å². The molecule has 2 N–H and O–H groups in total. The van der Waals surface area contributed by atoms with E-state index >= 15 is 0 Å². The van der Waals surface area contributed by atoms with Gasteiger partial charge >= 0.3 is 35.8 Å². The number of esters is 5. The summed E-state index contributed by atoms with van der Waals surface area (Å²) in [5.41, 5.74) is -3.42. The summed E-state index contributed by atoms with van der Waals surface area (Å²) in [7, 11) is 1.19. The number of methoxy groups -OCH3 is 1. The van der Waals surface area contributed by atoms with E-state index in [0.29, 0.717) is 0 Å². The highest BCUT2D eigenvalue weighted by atomic mass is 16.6. The number of hydrogen-bond donors (Lipinski definition) is 2. The van der Waals surface area contributed by atoms with Crippen LogP contribution in [-0.4, -0.2) is 156 Å². The van der Waals surface area contributed by atoms with Crippen molar-refractivity contribution in [1.29, 1.82) is 0 Å². The molecular formula is C35H62N4O13. The number of rotatable bonds is 20. The predicted octanol–water partition coefficient (Wildman–Crippen LogP) is 1.39. The summed E-state index contributed by atoms with van der Waals surface area (Å²) >= 11 is 0. The van der Waals surface area contributed by atoms with Gasteiger partial charge in [-0.3, -0.25) is 48.3 Å². The molecule has 17 heteroatoms. The molecule has 0 aromatic rings. The number of carboxylic acids is 1. The van der Waals surface area contributed by atoms with E-state index in [2.05, 4.69) is 5.32 Å². The van der Waals surface area contributed by atoms with Crippen LogP contribution in [0.5, 0.6) is 0 Å². The van der Waals surface area contributed by atoms with E-state index in [1.165, 1.54) is 16.9 Å². The standard InChI is InChI=1S/C35H62N4O13/c1-32(2,3)49-28(44)21-37(20-27(43)48-13)14-16-39(24(31(47)52-35(10,11)12)18-25(40)36-19-26(41)42)17-15-38(22-29(45)50-33(4,5)6)23-30(46)51-34(7,8)9/h24H,14-23H2,1-13H3,(H,36,40)(H,41,42). The van der Waals surface area contributed by atoms with Gasteiger partial charge in [-0.2, -0.15) is 0 Å². The number of carboxylic acid groups (broad SMARTS) is 1. The molecule has 0 aliphatic heterocycles. The molecule has 0 aliphatic rings. The van der Waals surface area contributed by atoms with Crippen molar-refractivity contribution in [2.75, 3.05) is 66.0 Å². The molecule has 0 radical (unpaired) electrons. The second kappa shape index (κ2) is 21.0. The molecule has 0 rings (SSSR count). The zero-order valence-corrected chi connectivity index (χ0v) is 33.3. The molecule has 0 spiro atoms. The van der Waals surface area contributed by atoms with Crippen molar-refractivity contribution in [1.82, 2.24) is 20.0 Å². The molecule has 300 valence electrons. The molecule has 0 saturated heterocycles. The summed E-state index contributed by atoms with van der Waals surface area (Å²) in [6.45, 7) is 18.0. The Hall–Kier alpha value is -3.83. The molecule has 52 heavy (non-hydrogen) atoms. The van der Waals surface area contributed by atoms with E-state index in [-0.39, 0.29) is 52.4 Å². The number of amides is 1. The molecule has 0 heterocycles. The minimum Gasteiger partial charge on any atom is -0.480 e. The van der Waals surface area contributed by atoms with Crippen LogP contribution >= 0.6 is 0 Å². The fourth-order valence-electron chi connectivity index (χ4n) is 4.46. The van der Waals surface area contributed by atoms with Crippen molar-refractivity contribution in [3.63, 3.8) is 0 Å². The molecule has 1 atom stereocenters. The summed E-state index contributed by atoms with van der Waals surface area (Å²) in [4.78, 5) is 93.2.